The number of nitrogens with zero attached hydrogens (tertiary/aromatic N) is 1. The summed E-state index contributed by atoms with van der Waals surface area (Å²) in [6, 6.07) is 7.13. The molecule has 3 heteroatoms. The molecule has 0 aliphatic heterocycles. The molecule has 0 amide bonds. The van der Waals surface area contributed by atoms with E-state index in [4.69, 9.17) is 4.98 Å². The maximum absolute atomic E-state index is 4.69. The number of nitrogens with one attached hydrogen (secondary N) is 1. The maximum atomic E-state index is 4.69. The van der Waals surface area contributed by atoms with Gasteiger partial charge in [-0.3, -0.25) is 0 Å². The molecule has 18 heavy (non-hydrogen) atoms. The van der Waals surface area contributed by atoms with Crippen molar-refractivity contribution >= 4 is 26.7 Å². The molecule has 96 valence electrons. The number of aromatic nitrogens is 1. The molecule has 1 heterocycles. The average molecular weight is 260 g/mol. The number of aryl methyl sites for hydroxylation is 1. The van der Waals surface area contributed by atoms with Gasteiger partial charge in [-0.1, -0.05) is 24.3 Å². The second-order valence-corrected chi connectivity index (χ2v) is 6.62. The Balaban J connectivity index is 1.74. The third kappa shape index (κ3) is 2.51. The SMILES string of the molecule is Cc1ccc2sc(NC3CCC(C)CC3)nc2c1. The van der Waals surface area contributed by atoms with Gasteiger partial charge in [-0.15, -0.1) is 0 Å². The summed E-state index contributed by atoms with van der Waals surface area (Å²) < 4.78 is 1.28. The number of anilines is 1. The Bertz CT molecular complexity index is 538. The number of rotatable bonds is 2. The molecule has 0 atom stereocenters. The number of thiazole rings is 1. The zero-order valence-electron chi connectivity index (χ0n) is 11.1. The van der Waals surface area contributed by atoms with Gasteiger partial charge in [-0.2, -0.15) is 0 Å². The van der Waals surface area contributed by atoms with E-state index in [1.165, 1.54) is 35.9 Å². The summed E-state index contributed by atoms with van der Waals surface area (Å²) in [6.07, 6.45) is 5.27. The Morgan fingerprint density at radius 1 is 1.22 bits per heavy atom. The van der Waals surface area contributed by atoms with Crippen LogP contribution in [0.4, 0.5) is 5.13 Å². The third-order valence-corrected chi connectivity index (χ3v) is 4.85. The Morgan fingerprint density at radius 2 is 2.00 bits per heavy atom. The molecule has 1 aliphatic carbocycles. The largest absolute Gasteiger partial charge is 0.359 e. The minimum atomic E-state index is 0.628. The van der Waals surface area contributed by atoms with Crippen LogP contribution in [0.3, 0.4) is 0 Å². The van der Waals surface area contributed by atoms with Gasteiger partial charge in [0.05, 0.1) is 10.2 Å². The highest BCUT2D eigenvalue weighted by molar-refractivity contribution is 7.22. The molecule has 1 aliphatic rings. The summed E-state index contributed by atoms with van der Waals surface area (Å²) >= 11 is 1.78. The first kappa shape index (κ1) is 12.0. The molecule has 0 bridgehead atoms. The summed E-state index contributed by atoms with van der Waals surface area (Å²) in [5.41, 5.74) is 2.41. The fourth-order valence-electron chi connectivity index (χ4n) is 2.68. The molecule has 0 unspecified atom stereocenters. The fourth-order valence-corrected chi connectivity index (χ4v) is 3.60. The predicted octanol–water partition coefficient (Wildman–Crippen LogP) is 4.60. The first-order valence-electron chi connectivity index (χ1n) is 6.84. The minimum Gasteiger partial charge on any atom is -0.359 e. The second kappa shape index (κ2) is 4.88. The maximum Gasteiger partial charge on any atom is 0.184 e. The van der Waals surface area contributed by atoms with E-state index < -0.39 is 0 Å². The molecular weight excluding hydrogens is 240 g/mol. The average Bonchev–Trinajstić information content (AvgIpc) is 2.73. The molecule has 2 nitrogen and oxygen atoms in total. The number of hydrogen-bond acceptors (Lipinski definition) is 3. The summed E-state index contributed by atoms with van der Waals surface area (Å²) in [6.45, 7) is 4.48. The van der Waals surface area contributed by atoms with Gasteiger partial charge >= 0.3 is 0 Å². The van der Waals surface area contributed by atoms with E-state index in [0.717, 1.165) is 16.6 Å². The molecule has 0 radical (unpaired) electrons. The van der Waals surface area contributed by atoms with Crippen LogP contribution in [0.5, 0.6) is 0 Å². The first-order chi connectivity index (χ1) is 8.70. The van der Waals surface area contributed by atoms with Crippen LogP contribution in [0.15, 0.2) is 18.2 Å². The van der Waals surface area contributed by atoms with Gasteiger partial charge in [-0.25, -0.2) is 4.98 Å². The molecular formula is C15H20N2S. The lowest BCUT2D eigenvalue weighted by atomic mass is 9.87. The molecule has 1 fully saturated rings. The highest BCUT2D eigenvalue weighted by Gasteiger charge is 2.18. The smallest absolute Gasteiger partial charge is 0.184 e. The fraction of sp³-hybridized carbons (Fsp3) is 0.533. The summed E-state index contributed by atoms with van der Waals surface area (Å²) in [4.78, 5) is 4.69. The van der Waals surface area contributed by atoms with E-state index >= 15 is 0 Å². The van der Waals surface area contributed by atoms with E-state index in [2.05, 4.69) is 37.4 Å². The van der Waals surface area contributed by atoms with Crippen molar-refractivity contribution in [3.05, 3.63) is 23.8 Å². The zero-order chi connectivity index (χ0) is 12.5. The minimum absolute atomic E-state index is 0.628. The lowest BCUT2D eigenvalue weighted by molar-refractivity contribution is 0.361. The van der Waals surface area contributed by atoms with Crippen LogP contribution in [0.25, 0.3) is 10.2 Å². The first-order valence-corrected chi connectivity index (χ1v) is 7.66. The van der Waals surface area contributed by atoms with Gasteiger partial charge in [0.2, 0.25) is 0 Å². The van der Waals surface area contributed by atoms with Crippen molar-refractivity contribution in [3.8, 4) is 0 Å². The van der Waals surface area contributed by atoms with Crippen molar-refractivity contribution in [3.63, 3.8) is 0 Å². The Labute approximate surface area is 112 Å². The molecule has 3 rings (SSSR count). The normalized spacial score (nSPS) is 24.3. The van der Waals surface area contributed by atoms with Crippen LogP contribution >= 0.6 is 11.3 Å². The van der Waals surface area contributed by atoms with Crippen LogP contribution in [-0.4, -0.2) is 11.0 Å². The number of fused-ring (bicyclic) bond motifs is 1. The highest BCUT2D eigenvalue weighted by atomic mass is 32.1. The van der Waals surface area contributed by atoms with Crippen LogP contribution in [-0.2, 0) is 0 Å². The Morgan fingerprint density at radius 3 is 2.78 bits per heavy atom. The van der Waals surface area contributed by atoms with Crippen molar-refractivity contribution in [2.24, 2.45) is 5.92 Å². The second-order valence-electron chi connectivity index (χ2n) is 5.59. The number of benzene rings is 1. The van der Waals surface area contributed by atoms with Gasteiger partial charge in [-0.05, 0) is 56.2 Å². The van der Waals surface area contributed by atoms with Gasteiger partial charge in [0.25, 0.3) is 0 Å². The molecule has 2 aromatic rings. The monoisotopic (exact) mass is 260 g/mol. The topological polar surface area (TPSA) is 24.9 Å². The molecule has 1 aromatic carbocycles. The lowest BCUT2D eigenvalue weighted by Gasteiger charge is -2.26. The van der Waals surface area contributed by atoms with Gasteiger partial charge in [0.15, 0.2) is 5.13 Å². The quantitative estimate of drug-likeness (QED) is 0.854. The van der Waals surface area contributed by atoms with Crippen molar-refractivity contribution in [2.45, 2.75) is 45.6 Å². The van der Waals surface area contributed by atoms with E-state index in [-0.39, 0.29) is 0 Å². The standard InChI is InChI=1S/C15H20N2S/c1-10-3-6-12(7-4-10)16-15-17-13-9-11(2)5-8-14(13)18-15/h5,8-10,12H,3-4,6-7H2,1-2H3,(H,16,17). The van der Waals surface area contributed by atoms with Gasteiger partial charge in [0, 0.05) is 6.04 Å². The van der Waals surface area contributed by atoms with Crippen LogP contribution in [0, 0.1) is 12.8 Å². The highest BCUT2D eigenvalue weighted by Crippen LogP contribution is 2.30. The van der Waals surface area contributed by atoms with Crippen molar-refractivity contribution in [1.29, 1.82) is 0 Å². The summed E-state index contributed by atoms with van der Waals surface area (Å²) in [7, 11) is 0. The van der Waals surface area contributed by atoms with E-state index in [0.29, 0.717) is 6.04 Å². The summed E-state index contributed by atoms with van der Waals surface area (Å²) in [5.74, 6) is 0.904. The van der Waals surface area contributed by atoms with Crippen molar-refractivity contribution in [2.75, 3.05) is 5.32 Å². The Kier molecular flexibility index (Phi) is 3.25. The van der Waals surface area contributed by atoms with Crippen LogP contribution in [0.1, 0.15) is 38.2 Å². The van der Waals surface area contributed by atoms with Gasteiger partial charge in [0.1, 0.15) is 0 Å². The van der Waals surface area contributed by atoms with Crippen LogP contribution < -0.4 is 5.32 Å². The van der Waals surface area contributed by atoms with E-state index in [1.54, 1.807) is 11.3 Å². The van der Waals surface area contributed by atoms with E-state index in [9.17, 15) is 0 Å². The predicted molar refractivity (Wildman–Crippen MR) is 79.4 cm³/mol. The van der Waals surface area contributed by atoms with Crippen LogP contribution in [0.2, 0.25) is 0 Å². The third-order valence-electron chi connectivity index (χ3n) is 3.89. The Hall–Kier alpha value is -1.09. The molecule has 0 saturated heterocycles. The molecule has 1 aromatic heterocycles. The molecule has 0 spiro atoms. The molecule has 1 N–H and O–H groups in total. The number of hydrogen-bond donors (Lipinski definition) is 1. The molecule has 1 saturated carbocycles. The summed E-state index contributed by atoms with van der Waals surface area (Å²) in [5, 5.41) is 4.71. The van der Waals surface area contributed by atoms with Crippen molar-refractivity contribution in [1.82, 2.24) is 4.98 Å². The zero-order valence-corrected chi connectivity index (χ0v) is 11.9. The van der Waals surface area contributed by atoms with Crippen molar-refractivity contribution < 1.29 is 0 Å². The van der Waals surface area contributed by atoms with E-state index in [1.807, 2.05) is 0 Å². The van der Waals surface area contributed by atoms with Gasteiger partial charge < -0.3 is 5.32 Å². The lowest BCUT2D eigenvalue weighted by Crippen LogP contribution is -2.24.